The van der Waals surface area contributed by atoms with E-state index in [-0.39, 0.29) is 23.0 Å². The van der Waals surface area contributed by atoms with E-state index in [4.69, 9.17) is 0 Å². The number of hydrogen-bond acceptors (Lipinski definition) is 5. The zero-order valence-corrected chi connectivity index (χ0v) is 16.1. The number of aromatic amines is 1. The summed E-state index contributed by atoms with van der Waals surface area (Å²) in [5, 5.41) is 5.52. The minimum atomic E-state index is -0.367. The van der Waals surface area contributed by atoms with E-state index in [1.165, 1.54) is 35.6 Å². The number of benzene rings is 2. The van der Waals surface area contributed by atoms with E-state index < -0.39 is 0 Å². The molecule has 5 nitrogen and oxygen atoms in total. The summed E-state index contributed by atoms with van der Waals surface area (Å²) < 4.78 is 12.9. The summed E-state index contributed by atoms with van der Waals surface area (Å²) in [6.07, 6.45) is 0. The summed E-state index contributed by atoms with van der Waals surface area (Å²) in [6, 6.07) is 15.2. The fourth-order valence-electron chi connectivity index (χ4n) is 2.69. The molecule has 0 radical (unpaired) electrons. The molecule has 2 N–H and O–H groups in total. The van der Waals surface area contributed by atoms with Crippen molar-refractivity contribution in [1.82, 2.24) is 9.97 Å². The van der Waals surface area contributed by atoms with Crippen LogP contribution in [-0.4, -0.2) is 21.6 Å². The fourth-order valence-corrected chi connectivity index (χ4v) is 4.36. The predicted octanol–water partition coefficient (Wildman–Crippen LogP) is 4.52. The number of carbonyl (C=O) groups excluding carboxylic acids is 1. The normalized spacial score (nSPS) is 10.9. The number of anilines is 1. The molecule has 8 heteroatoms. The number of rotatable bonds is 5. The SMILES string of the molecule is O=C(CSc1nc2scc(-c3ccccc3)c2c(=O)[nH]1)Nc1ccc(F)cc1. The van der Waals surface area contributed by atoms with Gasteiger partial charge in [0.05, 0.1) is 11.1 Å². The monoisotopic (exact) mass is 411 g/mol. The van der Waals surface area contributed by atoms with Crippen LogP contribution < -0.4 is 10.9 Å². The average Bonchev–Trinajstić information content (AvgIpc) is 3.13. The molecule has 0 spiro atoms. The number of halogens is 1. The van der Waals surface area contributed by atoms with Gasteiger partial charge in [0.1, 0.15) is 10.6 Å². The van der Waals surface area contributed by atoms with Gasteiger partial charge < -0.3 is 10.3 Å². The van der Waals surface area contributed by atoms with Crippen LogP contribution in [-0.2, 0) is 4.79 Å². The molecule has 28 heavy (non-hydrogen) atoms. The lowest BCUT2D eigenvalue weighted by atomic mass is 10.1. The first kappa shape index (κ1) is 18.4. The Morgan fingerprint density at radius 3 is 2.64 bits per heavy atom. The number of amides is 1. The van der Waals surface area contributed by atoms with Gasteiger partial charge in [0, 0.05) is 16.6 Å². The molecule has 0 unspecified atom stereocenters. The minimum absolute atomic E-state index is 0.0722. The van der Waals surface area contributed by atoms with Crippen LogP contribution >= 0.6 is 23.1 Å². The van der Waals surface area contributed by atoms with Crippen LogP contribution in [0.4, 0.5) is 10.1 Å². The Labute approximate surface area is 167 Å². The predicted molar refractivity (Wildman–Crippen MR) is 111 cm³/mol. The van der Waals surface area contributed by atoms with E-state index in [2.05, 4.69) is 15.3 Å². The van der Waals surface area contributed by atoms with Crippen molar-refractivity contribution >= 4 is 44.9 Å². The Kier molecular flexibility index (Phi) is 5.23. The molecule has 0 atom stereocenters. The van der Waals surface area contributed by atoms with Crippen LogP contribution in [0.2, 0.25) is 0 Å². The molecule has 0 aliphatic heterocycles. The molecule has 2 heterocycles. The van der Waals surface area contributed by atoms with Crippen molar-refractivity contribution in [1.29, 1.82) is 0 Å². The van der Waals surface area contributed by atoms with Crippen molar-refractivity contribution in [2.75, 3.05) is 11.1 Å². The highest BCUT2D eigenvalue weighted by atomic mass is 32.2. The van der Waals surface area contributed by atoms with Crippen molar-refractivity contribution in [2.45, 2.75) is 5.16 Å². The molecule has 4 rings (SSSR count). The van der Waals surface area contributed by atoms with E-state index in [0.717, 1.165) is 22.9 Å². The second-order valence-corrected chi connectivity index (χ2v) is 7.73. The zero-order valence-electron chi connectivity index (χ0n) is 14.4. The number of nitrogens with zero attached hydrogens (tertiary/aromatic N) is 1. The van der Waals surface area contributed by atoms with Crippen molar-refractivity contribution in [2.24, 2.45) is 0 Å². The van der Waals surface area contributed by atoms with Crippen LogP contribution in [0.3, 0.4) is 0 Å². The third-order valence-corrected chi connectivity index (χ3v) is 5.72. The summed E-state index contributed by atoms with van der Waals surface area (Å²) in [4.78, 5) is 32.5. The van der Waals surface area contributed by atoms with Gasteiger partial charge in [-0.15, -0.1) is 11.3 Å². The molecule has 0 bridgehead atoms. The van der Waals surface area contributed by atoms with Crippen LogP contribution in [0.1, 0.15) is 0 Å². The van der Waals surface area contributed by atoms with E-state index in [1.54, 1.807) is 0 Å². The minimum Gasteiger partial charge on any atom is -0.325 e. The zero-order chi connectivity index (χ0) is 19.5. The van der Waals surface area contributed by atoms with E-state index in [9.17, 15) is 14.0 Å². The number of nitrogens with one attached hydrogen (secondary N) is 2. The van der Waals surface area contributed by atoms with Gasteiger partial charge in [-0.05, 0) is 29.8 Å². The lowest BCUT2D eigenvalue weighted by Crippen LogP contribution is -2.15. The first-order valence-corrected chi connectivity index (χ1v) is 10.2. The number of thioether (sulfide) groups is 1. The highest BCUT2D eigenvalue weighted by Gasteiger charge is 2.14. The smallest absolute Gasteiger partial charge is 0.260 e. The van der Waals surface area contributed by atoms with Gasteiger partial charge in [-0.25, -0.2) is 9.37 Å². The van der Waals surface area contributed by atoms with Gasteiger partial charge in [-0.3, -0.25) is 9.59 Å². The third kappa shape index (κ3) is 3.97. The molecule has 0 aliphatic carbocycles. The van der Waals surface area contributed by atoms with Gasteiger partial charge in [0.2, 0.25) is 5.91 Å². The summed E-state index contributed by atoms with van der Waals surface area (Å²) >= 11 is 2.53. The Morgan fingerprint density at radius 1 is 1.14 bits per heavy atom. The maximum Gasteiger partial charge on any atom is 0.260 e. The number of carbonyl (C=O) groups is 1. The molecule has 2 aromatic carbocycles. The summed E-state index contributed by atoms with van der Waals surface area (Å²) in [6.45, 7) is 0. The molecule has 2 aromatic heterocycles. The van der Waals surface area contributed by atoms with Gasteiger partial charge in [-0.2, -0.15) is 0 Å². The molecule has 4 aromatic rings. The first-order chi connectivity index (χ1) is 13.6. The quantitative estimate of drug-likeness (QED) is 0.374. The van der Waals surface area contributed by atoms with Crippen LogP contribution in [0.5, 0.6) is 0 Å². The maximum atomic E-state index is 12.9. The lowest BCUT2D eigenvalue weighted by Gasteiger charge is -2.05. The van der Waals surface area contributed by atoms with E-state index in [0.29, 0.717) is 21.1 Å². The molecular weight excluding hydrogens is 397 g/mol. The van der Waals surface area contributed by atoms with Crippen LogP contribution in [0.25, 0.3) is 21.3 Å². The fraction of sp³-hybridized carbons (Fsp3) is 0.0500. The Balaban J connectivity index is 1.50. The van der Waals surface area contributed by atoms with Crippen molar-refractivity contribution in [3.05, 3.63) is 76.1 Å². The average molecular weight is 411 g/mol. The Morgan fingerprint density at radius 2 is 1.89 bits per heavy atom. The summed E-state index contributed by atoms with van der Waals surface area (Å²) in [5.41, 5.74) is 2.08. The van der Waals surface area contributed by atoms with Crippen molar-refractivity contribution in [3.8, 4) is 11.1 Å². The number of thiophene rings is 1. The third-order valence-electron chi connectivity index (χ3n) is 3.97. The molecule has 0 fully saturated rings. The second-order valence-electron chi connectivity index (χ2n) is 5.91. The van der Waals surface area contributed by atoms with Gasteiger partial charge >= 0.3 is 0 Å². The molecule has 0 aliphatic rings. The highest BCUT2D eigenvalue weighted by molar-refractivity contribution is 7.99. The molecule has 1 amide bonds. The van der Waals surface area contributed by atoms with Gasteiger partial charge in [0.15, 0.2) is 5.16 Å². The lowest BCUT2D eigenvalue weighted by molar-refractivity contribution is -0.113. The molecular formula is C20H14FN3O2S2. The second kappa shape index (κ2) is 7.95. The standard InChI is InChI=1S/C20H14FN3O2S2/c21-13-6-8-14(9-7-13)22-16(25)11-28-20-23-18(26)17-15(10-27-19(17)24-20)12-4-2-1-3-5-12/h1-10H,11H2,(H,22,25)(H,23,24,26). The highest BCUT2D eigenvalue weighted by Crippen LogP contribution is 2.31. The van der Waals surface area contributed by atoms with E-state index in [1.807, 2.05) is 35.7 Å². The molecule has 0 saturated heterocycles. The number of aromatic nitrogens is 2. The Bertz CT molecular complexity index is 1190. The first-order valence-electron chi connectivity index (χ1n) is 8.35. The number of hydrogen-bond donors (Lipinski definition) is 2. The van der Waals surface area contributed by atoms with E-state index >= 15 is 0 Å². The maximum absolute atomic E-state index is 12.9. The number of fused-ring (bicyclic) bond motifs is 1. The van der Waals surface area contributed by atoms with Gasteiger partial charge in [0.25, 0.3) is 5.56 Å². The van der Waals surface area contributed by atoms with Crippen LogP contribution in [0, 0.1) is 5.82 Å². The van der Waals surface area contributed by atoms with Gasteiger partial charge in [-0.1, -0.05) is 42.1 Å². The summed E-state index contributed by atoms with van der Waals surface area (Å²) in [7, 11) is 0. The van der Waals surface area contributed by atoms with Crippen molar-refractivity contribution < 1.29 is 9.18 Å². The topological polar surface area (TPSA) is 74.8 Å². The largest absolute Gasteiger partial charge is 0.325 e. The molecule has 140 valence electrons. The van der Waals surface area contributed by atoms with Crippen molar-refractivity contribution in [3.63, 3.8) is 0 Å². The molecule has 0 saturated carbocycles. The summed E-state index contributed by atoms with van der Waals surface area (Å²) in [5.74, 6) is -0.563. The van der Waals surface area contributed by atoms with Crippen LogP contribution in [0.15, 0.2) is 69.9 Å². The Hall–Kier alpha value is -2.97. The number of H-pyrrole nitrogens is 1.